The third-order valence-corrected chi connectivity index (χ3v) is 3.26. The predicted octanol–water partition coefficient (Wildman–Crippen LogP) is 3.81. The Hall–Kier alpha value is -0.920. The van der Waals surface area contributed by atoms with E-state index in [2.05, 4.69) is 24.2 Å². The number of anilines is 1. The van der Waals surface area contributed by atoms with Crippen LogP contribution in [0.3, 0.4) is 0 Å². The quantitative estimate of drug-likeness (QED) is 0.463. The Morgan fingerprint density at radius 3 is 2.65 bits per heavy atom. The van der Waals surface area contributed by atoms with Gasteiger partial charge in [0, 0.05) is 11.6 Å². The average Bonchev–Trinajstić information content (AvgIpc) is 3.08. The molecule has 3 nitrogen and oxygen atoms in total. The predicted molar refractivity (Wildman–Crippen MR) is 89.1 cm³/mol. The van der Waals surface area contributed by atoms with Gasteiger partial charge in [0.1, 0.15) is 0 Å². The molecule has 0 heterocycles. The second kappa shape index (κ2) is 7.19. The maximum Gasteiger partial charge on any atom is 0.243 e. The lowest BCUT2D eigenvalue weighted by Crippen LogP contribution is -2.23. The first kappa shape index (κ1) is 17.1. The summed E-state index contributed by atoms with van der Waals surface area (Å²) in [5.74, 6) is 0.00274. The van der Waals surface area contributed by atoms with Crippen molar-refractivity contribution < 1.29 is 8.78 Å². The number of halogens is 3. The van der Waals surface area contributed by atoms with E-state index < -0.39 is 12.3 Å². The van der Waals surface area contributed by atoms with E-state index in [1.54, 1.807) is 0 Å². The first-order valence-corrected chi connectivity index (χ1v) is 6.45. The Bertz CT molecular complexity index is 477. The number of alkyl halides is 2. The lowest BCUT2D eigenvalue weighted by atomic mass is 10.0. The van der Waals surface area contributed by atoms with Crippen molar-refractivity contribution in [3.63, 3.8) is 0 Å². The molecule has 20 heavy (non-hydrogen) atoms. The van der Waals surface area contributed by atoms with E-state index in [-0.39, 0.29) is 36.0 Å². The number of benzene rings is 1. The van der Waals surface area contributed by atoms with E-state index >= 15 is 0 Å². The van der Waals surface area contributed by atoms with E-state index in [4.69, 9.17) is 5.73 Å². The molecule has 1 aromatic carbocycles. The fraction of sp³-hybridized carbons (Fsp3) is 0.500. The molecular weight excluding hydrogens is 375 g/mol. The summed E-state index contributed by atoms with van der Waals surface area (Å²) in [4.78, 5) is 4.06. The highest BCUT2D eigenvalue weighted by Crippen LogP contribution is 2.38. The Morgan fingerprint density at radius 1 is 1.40 bits per heavy atom. The molecule has 3 N–H and O–H groups in total. The number of guanidine groups is 1. The highest BCUT2D eigenvalue weighted by Gasteiger charge is 2.44. The molecule has 2 rings (SSSR count). The highest BCUT2D eigenvalue weighted by molar-refractivity contribution is 14.0. The topological polar surface area (TPSA) is 50.4 Å². The summed E-state index contributed by atoms with van der Waals surface area (Å²) in [5.41, 5.74) is 7.75. The monoisotopic (exact) mass is 395 g/mol. The number of nitrogens with one attached hydrogen (secondary N) is 1. The number of nitrogens with two attached hydrogens (primary N) is 1. The zero-order valence-corrected chi connectivity index (χ0v) is 13.8. The van der Waals surface area contributed by atoms with Crippen LogP contribution in [0.2, 0.25) is 0 Å². The fourth-order valence-electron chi connectivity index (χ4n) is 1.95. The van der Waals surface area contributed by atoms with Crippen molar-refractivity contribution in [2.24, 2.45) is 16.6 Å². The minimum atomic E-state index is -2.30. The molecule has 1 aliphatic rings. The van der Waals surface area contributed by atoms with Gasteiger partial charge in [0.05, 0.1) is 6.04 Å². The van der Waals surface area contributed by atoms with E-state index in [1.165, 1.54) is 5.56 Å². The van der Waals surface area contributed by atoms with Gasteiger partial charge in [-0.05, 0) is 30.0 Å². The van der Waals surface area contributed by atoms with Gasteiger partial charge in [0.15, 0.2) is 5.96 Å². The third-order valence-electron chi connectivity index (χ3n) is 3.26. The molecule has 0 spiro atoms. The van der Waals surface area contributed by atoms with Crippen LogP contribution in [0.15, 0.2) is 29.3 Å². The largest absolute Gasteiger partial charge is 0.370 e. The van der Waals surface area contributed by atoms with Crippen LogP contribution in [-0.2, 0) is 0 Å². The van der Waals surface area contributed by atoms with Gasteiger partial charge in [0.2, 0.25) is 6.43 Å². The van der Waals surface area contributed by atoms with Crippen LogP contribution < -0.4 is 11.1 Å². The Morgan fingerprint density at radius 2 is 2.10 bits per heavy atom. The molecule has 0 bridgehead atoms. The molecule has 1 aliphatic carbocycles. The first-order chi connectivity index (χ1) is 8.97. The molecule has 0 aromatic heterocycles. The SMILES string of the molecule is CC(C)c1cccc(NC(N)=N[C@H]2C[C@@H]2C(F)F)c1.I. The molecule has 1 saturated carbocycles. The lowest BCUT2D eigenvalue weighted by Gasteiger charge is -2.09. The van der Waals surface area contributed by atoms with E-state index in [9.17, 15) is 8.78 Å². The van der Waals surface area contributed by atoms with Crippen LogP contribution in [0, 0.1) is 5.92 Å². The number of aliphatic imine (C=N–C) groups is 1. The summed E-state index contributed by atoms with van der Waals surface area (Å²) in [6.07, 6.45) is -1.88. The van der Waals surface area contributed by atoms with Gasteiger partial charge >= 0.3 is 0 Å². The van der Waals surface area contributed by atoms with E-state index in [0.29, 0.717) is 12.3 Å². The maximum absolute atomic E-state index is 12.4. The molecule has 0 radical (unpaired) electrons. The second-order valence-electron chi connectivity index (χ2n) is 5.22. The van der Waals surface area contributed by atoms with Crippen molar-refractivity contribution in [3.05, 3.63) is 29.8 Å². The zero-order chi connectivity index (χ0) is 14.0. The Labute approximate surface area is 135 Å². The fourth-order valence-corrected chi connectivity index (χ4v) is 1.95. The van der Waals surface area contributed by atoms with Crippen LogP contribution in [0.25, 0.3) is 0 Å². The molecular formula is C14H20F2IN3. The van der Waals surface area contributed by atoms with Gasteiger partial charge < -0.3 is 11.1 Å². The van der Waals surface area contributed by atoms with Gasteiger partial charge in [-0.3, -0.25) is 0 Å². The molecule has 0 saturated heterocycles. The second-order valence-corrected chi connectivity index (χ2v) is 5.22. The molecule has 1 aromatic rings. The van der Waals surface area contributed by atoms with Gasteiger partial charge in [-0.25, -0.2) is 13.8 Å². The van der Waals surface area contributed by atoms with Crippen molar-refractivity contribution in [2.75, 3.05) is 5.32 Å². The molecule has 0 amide bonds. The van der Waals surface area contributed by atoms with Crippen LogP contribution in [0.4, 0.5) is 14.5 Å². The molecule has 0 unspecified atom stereocenters. The average molecular weight is 395 g/mol. The van der Waals surface area contributed by atoms with Crippen molar-refractivity contribution in [1.82, 2.24) is 0 Å². The van der Waals surface area contributed by atoms with Crippen molar-refractivity contribution >= 4 is 35.6 Å². The summed E-state index contributed by atoms with van der Waals surface area (Å²) in [5, 5.41) is 2.95. The summed E-state index contributed by atoms with van der Waals surface area (Å²) >= 11 is 0. The molecule has 1 fully saturated rings. The van der Waals surface area contributed by atoms with Crippen LogP contribution >= 0.6 is 24.0 Å². The van der Waals surface area contributed by atoms with Crippen LogP contribution in [-0.4, -0.2) is 18.4 Å². The molecule has 112 valence electrons. The first-order valence-electron chi connectivity index (χ1n) is 6.45. The maximum atomic E-state index is 12.4. The van der Waals surface area contributed by atoms with Crippen molar-refractivity contribution in [3.8, 4) is 0 Å². The zero-order valence-electron chi connectivity index (χ0n) is 11.5. The van der Waals surface area contributed by atoms with E-state index in [1.807, 2.05) is 24.3 Å². The van der Waals surface area contributed by atoms with E-state index in [0.717, 1.165) is 5.69 Å². The van der Waals surface area contributed by atoms with Gasteiger partial charge in [-0.1, -0.05) is 26.0 Å². The lowest BCUT2D eigenvalue weighted by molar-refractivity contribution is 0.121. The van der Waals surface area contributed by atoms with Crippen LogP contribution in [0.1, 0.15) is 31.7 Å². The number of nitrogens with zero attached hydrogens (tertiary/aromatic N) is 1. The summed E-state index contributed by atoms with van der Waals surface area (Å²) in [6.45, 7) is 4.21. The number of hydrogen-bond donors (Lipinski definition) is 2. The van der Waals surface area contributed by atoms with Gasteiger partial charge in [-0.15, -0.1) is 24.0 Å². The summed E-state index contributed by atoms with van der Waals surface area (Å²) in [7, 11) is 0. The Balaban J connectivity index is 0.00000200. The minimum Gasteiger partial charge on any atom is -0.370 e. The molecule has 0 aliphatic heterocycles. The highest BCUT2D eigenvalue weighted by atomic mass is 127. The van der Waals surface area contributed by atoms with Crippen molar-refractivity contribution in [2.45, 2.75) is 38.7 Å². The van der Waals surface area contributed by atoms with Crippen LogP contribution in [0.5, 0.6) is 0 Å². The molecule has 2 atom stereocenters. The van der Waals surface area contributed by atoms with Gasteiger partial charge in [-0.2, -0.15) is 0 Å². The Kier molecular flexibility index (Phi) is 6.16. The number of hydrogen-bond acceptors (Lipinski definition) is 1. The standard InChI is InChI=1S/C14H19F2N3.HI/c1-8(2)9-4-3-5-10(6-9)18-14(17)19-12-7-11(12)13(15)16;/h3-6,8,11-13H,7H2,1-2H3,(H3,17,18,19);1H/t11-,12-;/m0./s1. The van der Waals surface area contributed by atoms with Gasteiger partial charge in [0.25, 0.3) is 0 Å². The van der Waals surface area contributed by atoms with Crippen molar-refractivity contribution in [1.29, 1.82) is 0 Å². The summed E-state index contributed by atoms with van der Waals surface area (Å²) < 4.78 is 24.7. The smallest absolute Gasteiger partial charge is 0.243 e. The normalized spacial score (nSPS) is 21.8. The number of rotatable bonds is 4. The third kappa shape index (κ3) is 4.57. The summed E-state index contributed by atoms with van der Waals surface area (Å²) in [6, 6.07) is 7.51. The minimum absolute atomic E-state index is 0. The molecule has 6 heteroatoms.